The van der Waals surface area contributed by atoms with E-state index in [9.17, 15) is 4.79 Å². The fourth-order valence-electron chi connectivity index (χ4n) is 2.14. The molecule has 0 aromatic heterocycles. The Morgan fingerprint density at radius 3 is 2.43 bits per heavy atom. The molecule has 0 aromatic rings. The van der Waals surface area contributed by atoms with Crippen LogP contribution in [0.1, 0.15) is 32.1 Å². The topological polar surface area (TPSA) is 58.4 Å². The lowest BCUT2D eigenvalue weighted by molar-refractivity contribution is 0.173. The van der Waals surface area contributed by atoms with Crippen LogP contribution in [0.3, 0.4) is 0 Å². The van der Waals surface area contributed by atoms with E-state index in [1.807, 2.05) is 4.90 Å². The molecular formula is C10H19N3O. The van der Waals surface area contributed by atoms with Crippen molar-refractivity contribution in [2.24, 2.45) is 5.73 Å². The van der Waals surface area contributed by atoms with Gasteiger partial charge in [-0.1, -0.05) is 0 Å². The van der Waals surface area contributed by atoms with Crippen molar-refractivity contribution in [3.8, 4) is 0 Å². The van der Waals surface area contributed by atoms with Crippen molar-refractivity contribution in [2.75, 3.05) is 13.1 Å². The molecule has 2 amide bonds. The van der Waals surface area contributed by atoms with Crippen LogP contribution in [0.2, 0.25) is 0 Å². The Balaban J connectivity index is 1.71. The van der Waals surface area contributed by atoms with Gasteiger partial charge in [-0.2, -0.15) is 0 Å². The van der Waals surface area contributed by atoms with Crippen LogP contribution in [0.25, 0.3) is 0 Å². The molecule has 4 heteroatoms. The van der Waals surface area contributed by atoms with E-state index in [1.54, 1.807) is 0 Å². The number of rotatable bonds is 1. The van der Waals surface area contributed by atoms with E-state index in [2.05, 4.69) is 5.32 Å². The van der Waals surface area contributed by atoms with Crippen molar-refractivity contribution >= 4 is 6.03 Å². The van der Waals surface area contributed by atoms with Crippen LogP contribution in [0.15, 0.2) is 0 Å². The highest BCUT2D eigenvalue weighted by Gasteiger charge is 2.28. The molecule has 2 rings (SSSR count). The van der Waals surface area contributed by atoms with Crippen LogP contribution in [-0.4, -0.2) is 36.1 Å². The van der Waals surface area contributed by atoms with Crippen molar-refractivity contribution in [3.05, 3.63) is 0 Å². The molecule has 4 nitrogen and oxygen atoms in total. The fraction of sp³-hybridized carbons (Fsp3) is 0.900. The van der Waals surface area contributed by atoms with E-state index in [0.717, 1.165) is 38.8 Å². The lowest BCUT2D eigenvalue weighted by Crippen LogP contribution is -2.54. The lowest BCUT2D eigenvalue weighted by Gasteiger charge is -2.35. The second kappa shape index (κ2) is 4.17. The highest BCUT2D eigenvalue weighted by molar-refractivity contribution is 5.74. The summed E-state index contributed by atoms with van der Waals surface area (Å²) >= 11 is 0. The number of hydrogen-bond acceptors (Lipinski definition) is 2. The van der Waals surface area contributed by atoms with Gasteiger partial charge in [0.2, 0.25) is 0 Å². The maximum absolute atomic E-state index is 11.7. The van der Waals surface area contributed by atoms with Gasteiger partial charge in [0.1, 0.15) is 0 Å². The Hall–Kier alpha value is -0.770. The van der Waals surface area contributed by atoms with Crippen LogP contribution < -0.4 is 11.1 Å². The summed E-state index contributed by atoms with van der Waals surface area (Å²) in [6.07, 6.45) is 5.45. The summed E-state index contributed by atoms with van der Waals surface area (Å²) in [5.41, 5.74) is 5.66. The number of amides is 2. The van der Waals surface area contributed by atoms with Crippen molar-refractivity contribution < 1.29 is 4.79 Å². The summed E-state index contributed by atoms with van der Waals surface area (Å²) < 4.78 is 0. The number of urea groups is 1. The molecule has 3 N–H and O–H groups in total. The molecule has 1 aliphatic carbocycles. The smallest absolute Gasteiger partial charge is 0.317 e. The fourth-order valence-corrected chi connectivity index (χ4v) is 2.14. The summed E-state index contributed by atoms with van der Waals surface area (Å²) in [6.45, 7) is 1.84. The minimum absolute atomic E-state index is 0.113. The normalized spacial score (nSPS) is 32.2. The van der Waals surface area contributed by atoms with E-state index >= 15 is 0 Å². The van der Waals surface area contributed by atoms with Gasteiger partial charge in [0.15, 0.2) is 0 Å². The number of likely N-dealkylation sites (tertiary alicyclic amines) is 1. The first-order valence-electron chi connectivity index (χ1n) is 5.57. The predicted molar refractivity (Wildman–Crippen MR) is 55.0 cm³/mol. The van der Waals surface area contributed by atoms with Gasteiger partial charge >= 0.3 is 6.03 Å². The summed E-state index contributed by atoms with van der Waals surface area (Å²) in [6, 6.07) is 0.752. The number of hydrogen-bond donors (Lipinski definition) is 2. The Bertz CT molecular complexity index is 207. The van der Waals surface area contributed by atoms with Gasteiger partial charge < -0.3 is 16.0 Å². The third kappa shape index (κ3) is 2.18. The second-order valence-corrected chi connectivity index (χ2v) is 4.43. The molecule has 2 fully saturated rings. The lowest BCUT2D eigenvalue weighted by atomic mass is 9.88. The third-order valence-electron chi connectivity index (χ3n) is 3.15. The Labute approximate surface area is 84.8 Å². The van der Waals surface area contributed by atoms with Crippen LogP contribution in [0.4, 0.5) is 4.79 Å². The van der Waals surface area contributed by atoms with Crippen LogP contribution >= 0.6 is 0 Å². The van der Waals surface area contributed by atoms with Gasteiger partial charge in [0.05, 0.1) is 0 Å². The van der Waals surface area contributed by atoms with E-state index < -0.39 is 0 Å². The molecule has 0 aromatic carbocycles. The molecule has 14 heavy (non-hydrogen) atoms. The molecule has 2 aliphatic rings. The third-order valence-corrected chi connectivity index (χ3v) is 3.15. The van der Waals surface area contributed by atoms with Crippen LogP contribution in [-0.2, 0) is 0 Å². The molecule has 1 saturated carbocycles. The monoisotopic (exact) mass is 197 g/mol. The number of nitrogens with two attached hydrogens (primary N) is 1. The maximum atomic E-state index is 11.7. The minimum atomic E-state index is 0.113. The number of carbonyl (C=O) groups excluding carboxylic acids is 1. The van der Waals surface area contributed by atoms with E-state index in [4.69, 9.17) is 5.73 Å². The van der Waals surface area contributed by atoms with Gasteiger partial charge in [-0.15, -0.1) is 0 Å². The molecule has 1 aliphatic heterocycles. The van der Waals surface area contributed by atoms with Gasteiger partial charge in [-0.05, 0) is 32.1 Å². The summed E-state index contributed by atoms with van der Waals surface area (Å²) in [4.78, 5) is 13.6. The maximum Gasteiger partial charge on any atom is 0.317 e. The largest absolute Gasteiger partial charge is 0.335 e. The van der Waals surface area contributed by atoms with Crippen LogP contribution in [0.5, 0.6) is 0 Å². The zero-order chi connectivity index (χ0) is 9.97. The van der Waals surface area contributed by atoms with Gasteiger partial charge in [-0.25, -0.2) is 4.79 Å². The van der Waals surface area contributed by atoms with Crippen LogP contribution in [0, 0.1) is 0 Å². The van der Waals surface area contributed by atoms with Crippen molar-refractivity contribution in [1.82, 2.24) is 10.2 Å². The van der Waals surface area contributed by atoms with E-state index in [0.29, 0.717) is 12.1 Å². The Morgan fingerprint density at radius 2 is 1.86 bits per heavy atom. The standard InChI is InChI=1S/C10H19N3O/c11-8-6-9(7-8)12-10(14)13-4-2-1-3-5-13/h8-9H,1-7,11H2,(H,12,14). The second-order valence-electron chi connectivity index (χ2n) is 4.43. The molecule has 80 valence electrons. The first-order chi connectivity index (χ1) is 6.75. The number of nitrogens with one attached hydrogen (secondary N) is 1. The first kappa shape index (κ1) is 9.77. The Morgan fingerprint density at radius 1 is 1.21 bits per heavy atom. The number of piperidine rings is 1. The summed E-state index contributed by atoms with van der Waals surface area (Å²) in [5, 5.41) is 3.02. The molecule has 0 bridgehead atoms. The van der Waals surface area contributed by atoms with Gasteiger partial charge in [0.25, 0.3) is 0 Å². The molecule has 0 radical (unpaired) electrons. The van der Waals surface area contributed by atoms with Crippen molar-refractivity contribution in [1.29, 1.82) is 0 Å². The first-order valence-corrected chi connectivity index (χ1v) is 5.57. The number of nitrogens with zero attached hydrogens (tertiary/aromatic N) is 1. The average Bonchev–Trinajstić information content (AvgIpc) is 2.17. The summed E-state index contributed by atoms with van der Waals surface area (Å²) in [7, 11) is 0. The predicted octanol–water partition coefficient (Wildman–Crippen LogP) is 0.672. The highest BCUT2D eigenvalue weighted by atomic mass is 16.2. The Kier molecular flexibility index (Phi) is 2.91. The zero-order valence-electron chi connectivity index (χ0n) is 8.54. The molecule has 0 spiro atoms. The van der Waals surface area contributed by atoms with Crippen molar-refractivity contribution in [2.45, 2.75) is 44.2 Å². The zero-order valence-corrected chi connectivity index (χ0v) is 8.54. The summed E-state index contributed by atoms with van der Waals surface area (Å²) in [5.74, 6) is 0. The van der Waals surface area contributed by atoms with E-state index in [1.165, 1.54) is 6.42 Å². The SMILES string of the molecule is NC1CC(NC(=O)N2CCCCC2)C1. The average molecular weight is 197 g/mol. The highest BCUT2D eigenvalue weighted by Crippen LogP contribution is 2.18. The van der Waals surface area contributed by atoms with E-state index in [-0.39, 0.29) is 6.03 Å². The minimum Gasteiger partial charge on any atom is -0.335 e. The van der Waals surface area contributed by atoms with Gasteiger partial charge in [0, 0.05) is 25.2 Å². The quantitative estimate of drug-likeness (QED) is 0.649. The molecule has 1 saturated heterocycles. The molecule has 1 heterocycles. The molecular weight excluding hydrogens is 178 g/mol. The molecule has 0 atom stereocenters. The van der Waals surface area contributed by atoms with Gasteiger partial charge in [-0.3, -0.25) is 0 Å². The van der Waals surface area contributed by atoms with Crippen molar-refractivity contribution in [3.63, 3.8) is 0 Å². The number of carbonyl (C=O) groups is 1. The molecule has 0 unspecified atom stereocenters.